The van der Waals surface area contributed by atoms with Gasteiger partial charge < -0.3 is 16.4 Å². The Balaban J connectivity index is 1.16. The first-order chi connectivity index (χ1) is 17.7. The van der Waals surface area contributed by atoms with Crippen molar-refractivity contribution in [2.75, 3.05) is 35.2 Å². The number of hydrogen-bond acceptors (Lipinski definition) is 7. The van der Waals surface area contributed by atoms with Gasteiger partial charge in [-0.15, -0.1) is 0 Å². The molecule has 0 saturated carbocycles. The average molecular weight is 513 g/mol. The van der Waals surface area contributed by atoms with Crippen molar-refractivity contribution in [2.45, 2.75) is 44.4 Å². The SMILES string of the molecule is Nc1nc(N2CCC3(CC2)Cc2cc(C(F)(F)F)ccc2C3N)cnc1C(=O)N1CCCn2nccc21. The van der Waals surface area contributed by atoms with Crippen molar-refractivity contribution in [3.05, 3.63) is 59.0 Å². The van der Waals surface area contributed by atoms with Crippen LogP contribution >= 0.6 is 0 Å². The Bertz CT molecular complexity index is 1360. The quantitative estimate of drug-likeness (QED) is 0.541. The summed E-state index contributed by atoms with van der Waals surface area (Å²) in [4.78, 5) is 25.7. The van der Waals surface area contributed by atoms with Gasteiger partial charge in [0.1, 0.15) is 11.6 Å². The zero-order valence-electron chi connectivity index (χ0n) is 20.1. The Kier molecular flexibility index (Phi) is 5.41. The van der Waals surface area contributed by atoms with E-state index in [1.165, 1.54) is 12.1 Å². The maximum atomic E-state index is 13.2. The molecule has 1 aliphatic carbocycles. The third-order valence-electron chi connectivity index (χ3n) is 8.05. The molecule has 2 aliphatic heterocycles. The monoisotopic (exact) mass is 512 g/mol. The maximum Gasteiger partial charge on any atom is 0.416 e. The van der Waals surface area contributed by atoms with E-state index in [4.69, 9.17) is 11.5 Å². The zero-order valence-corrected chi connectivity index (χ0v) is 20.1. The van der Waals surface area contributed by atoms with Gasteiger partial charge in [0, 0.05) is 38.3 Å². The van der Waals surface area contributed by atoms with Gasteiger partial charge in [0.15, 0.2) is 11.5 Å². The van der Waals surface area contributed by atoms with Crippen LogP contribution in [0.4, 0.5) is 30.6 Å². The van der Waals surface area contributed by atoms with E-state index in [1.54, 1.807) is 28.0 Å². The van der Waals surface area contributed by atoms with E-state index < -0.39 is 11.7 Å². The summed E-state index contributed by atoms with van der Waals surface area (Å²) in [6.45, 7) is 2.52. The highest BCUT2D eigenvalue weighted by Gasteiger charge is 2.47. The molecule has 4 N–H and O–H groups in total. The van der Waals surface area contributed by atoms with Crippen molar-refractivity contribution in [2.24, 2.45) is 11.1 Å². The third-order valence-corrected chi connectivity index (χ3v) is 8.05. The summed E-state index contributed by atoms with van der Waals surface area (Å²) < 4.78 is 41.4. The van der Waals surface area contributed by atoms with Crippen molar-refractivity contribution in [1.82, 2.24) is 19.7 Å². The van der Waals surface area contributed by atoms with E-state index in [-0.39, 0.29) is 28.9 Å². The Hall–Kier alpha value is -3.67. The van der Waals surface area contributed by atoms with Crippen molar-refractivity contribution < 1.29 is 18.0 Å². The molecule has 1 fully saturated rings. The minimum absolute atomic E-state index is 0.0593. The molecular formula is C25H27F3N8O. The summed E-state index contributed by atoms with van der Waals surface area (Å²) in [5, 5.41) is 4.23. The van der Waals surface area contributed by atoms with Crippen LogP contribution in [0.2, 0.25) is 0 Å². The van der Waals surface area contributed by atoms with Gasteiger partial charge in [-0.05, 0) is 54.4 Å². The molecule has 0 radical (unpaired) electrons. The number of carbonyl (C=O) groups is 1. The lowest BCUT2D eigenvalue weighted by molar-refractivity contribution is -0.137. The van der Waals surface area contributed by atoms with Crippen molar-refractivity contribution in [3.8, 4) is 0 Å². The molecule has 1 saturated heterocycles. The topological polar surface area (TPSA) is 119 Å². The predicted octanol–water partition coefficient (Wildman–Crippen LogP) is 3.17. The molecule has 1 atom stereocenters. The fourth-order valence-electron chi connectivity index (χ4n) is 5.99. The zero-order chi connectivity index (χ0) is 25.9. The largest absolute Gasteiger partial charge is 0.416 e. The molecule has 4 heterocycles. The summed E-state index contributed by atoms with van der Waals surface area (Å²) in [6.07, 6.45) is 1.54. The first-order valence-electron chi connectivity index (χ1n) is 12.3. The average Bonchev–Trinajstić information content (AvgIpc) is 3.46. The van der Waals surface area contributed by atoms with Gasteiger partial charge in [0.05, 0.1) is 18.0 Å². The lowest BCUT2D eigenvalue weighted by Crippen LogP contribution is -2.44. The van der Waals surface area contributed by atoms with Crippen LogP contribution in [0.5, 0.6) is 0 Å². The number of amides is 1. The van der Waals surface area contributed by atoms with Crippen LogP contribution < -0.4 is 21.3 Å². The molecule has 3 aliphatic rings. The second-order valence-corrected chi connectivity index (χ2v) is 10.1. The van der Waals surface area contributed by atoms with Crippen LogP contribution in [-0.4, -0.2) is 45.3 Å². The van der Waals surface area contributed by atoms with Gasteiger partial charge in [-0.3, -0.25) is 9.69 Å². The van der Waals surface area contributed by atoms with Gasteiger partial charge in [-0.2, -0.15) is 18.3 Å². The van der Waals surface area contributed by atoms with Crippen LogP contribution in [0.1, 0.15) is 52.5 Å². The number of carbonyl (C=O) groups excluding carboxylic acids is 1. The van der Waals surface area contributed by atoms with Crippen molar-refractivity contribution in [3.63, 3.8) is 0 Å². The number of aryl methyl sites for hydroxylation is 1. The number of nitrogens with zero attached hydrogens (tertiary/aromatic N) is 6. The molecule has 37 heavy (non-hydrogen) atoms. The van der Waals surface area contributed by atoms with Crippen LogP contribution in [0, 0.1) is 5.41 Å². The molecule has 1 amide bonds. The molecule has 6 rings (SSSR count). The Morgan fingerprint density at radius 2 is 1.89 bits per heavy atom. The smallest absolute Gasteiger partial charge is 0.382 e. The highest BCUT2D eigenvalue weighted by atomic mass is 19.4. The van der Waals surface area contributed by atoms with E-state index in [0.29, 0.717) is 56.1 Å². The van der Waals surface area contributed by atoms with Gasteiger partial charge in [0.2, 0.25) is 0 Å². The van der Waals surface area contributed by atoms with E-state index in [2.05, 4.69) is 15.1 Å². The number of anilines is 3. The summed E-state index contributed by atoms with van der Waals surface area (Å²) in [5.41, 5.74) is 13.4. The fraction of sp³-hybridized carbons (Fsp3) is 0.440. The molecule has 1 unspecified atom stereocenters. The summed E-state index contributed by atoms with van der Waals surface area (Å²) in [7, 11) is 0. The second-order valence-electron chi connectivity index (χ2n) is 10.1. The van der Waals surface area contributed by atoms with Crippen LogP contribution in [0.25, 0.3) is 0 Å². The second kappa shape index (κ2) is 8.44. The number of fused-ring (bicyclic) bond motifs is 2. The molecule has 0 bridgehead atoms. The van der Waals surface area contributed by atoms with Gasteiger partial charge in [0.25, 0.3) is 5.91 Å². The number of benzene rings is 1. The number of aromatic nitrogens is 4. The molecule has 3 aromatic rings. The van der Waals surface area contributed by atoms with E-state index in [0.717, 1.165) is 24.6 Å². The molecule has 2 aromatic heterocycles. The standard InChI is InChI=1S/C25H27F3N8O/c26-25(27,28)16-2-3-17-15(12-16)13-24(21(17)29)5-10-34(11-6-24)18-14-31-20(22(30)33-18)23(37)35-8-1-9-36-19(35)4-7-32-36/h2-4,7,12,14,21H,1,5-6,8-11,13,29H2,(H2,30,33). The molecule has 12 heteroatoms. The van der Waals surface area contributed by atoms with Gasteiger partial charge in [-0.25, -0.2) is 14.6 Å². The number of hydrogen-bond donors (Lipinski definition) is 2. The number of piperidine rings is 1. The Labute approximate surface area is 211 Å². The maximum absolute atomic E-state index is 13.2. The van der Waals surface area contributed by atoms with Gasteiger partial charge >= 0.3 is 6.18 Å². The van der Waals surface area contributed by atoms with E-state index >= 15 is 0 Å². The Morgan fingerprint density at radius 1 is 1.11 bits per heavy atom. The van der Waals surface area contributed by atoms with E-state index in [1.807, 2.05) is 4.90 Å². The molecule has 194 valence electrons. The molecule has 1 spiro atoms. The van der Waals surface area contributed by atoms with Gasteiger partial charge in [-0.1, -0.05) is 6.07 Å². The summed E-state index contributed by atoms with van der Waals surface area (Å²) in [5.74, 6) is 1.02. The molecular weight excluding hydrogens is 485 g/mol. The van der Waals surface area contributed by atoms with Crippen molar-refractivity contribution in [1.29, 1.82) is 0 Å². The highest BCUT2D eigenvalue weighted by molar-refractivity contribution is 6.07. The van der Waals surface area contributed by atoms with E-state index in [9.17, 15) is 18.0 Å². The molecule has 9 nitrogen and oxygen atoms in total. The number of halogens is 3. The molecule has 1 aromatic carbocycles. The van der Waals surface area contributed by atoms with Crippen LogP contribution in [0.15, 0.2) is 36.7 Å². The first kappa shape index (κ1) is 23.7. The Morgan fingerprint density at radius 3 is 2.62 bits per heavy atom. The minimum atomic E-state index is -4.38. The number of rotatable bonds is 2. The van der Waals surface area contributed by atoms with Crippen LogP contribution in [0.3, 0.4) is 0 Å². The lowest BCUT2D eigenvalue weighted by atomic mass is 9.73. The highest BCUT2D eigenvalue weighted by Crippen LogP contribution is 2.51. The first-order valence-corrected chi connectivity index (χ1v) is 12.3. The third kappa shape index (κ3) is 3.90. The summed E-state index contributed by atoms with van der Waals surface area (Å²) >= 11 is 0. The minimum Gasteiger partial charge on any atom is -0.382 e. The summed E-state index contributed by atoms with van der Waals surface area (Å²) in [6, 6.07) is 5.36. The predicted molar refractivity (Wildman–Crippen MR) is 131 cm³/mol. The lowest BCUT2D eigenvalue weighted by Gasteiger charge is -2.42. The fourth-order valence-corrected chi connectivity index (χ4v) is 5.99. The van der Waals surface area contributed by atoms with Crippen LogP contribution in [-0.2, 0) is 19.1 Å². The number of nitrogen functional groups attached to an aromatic ring is 1. The normalized spacial score (nSPS) is 20.7. The number of nitrogens with two attached hydrogens (primary N) is 2. The number of alkyl halides is 3. The van der Waals surface area contributed by atoms with Crippen molar-refractivity contribution >= 4 is 23.4 Å².